The number of ether oxygens (including phenoxy) is 2. The number of rotatable bonds is 17. The van der Waals surface area contributed by atoms with Gasteiger partial charge in [0.2, 0.25) is 11.8 Å². The molecule has 0 atom stereocenters. The molecule has 0 aliphatic heterocycles. The molecule has 4 aromatic rings. The Hall–Kier alpha value is -2.34. The average Bonchev–Trinajstić information content (AvgIpc) is 3.56. The fraction of sp³-hybridized carbons (Fsp3) is 0.529. The van der Waals surface area contributed by atoms with Gasteiger partial charge in [-0.15, -0.1) is 0 Å². The van der Waals surface area contributed by atoms with Gasteiger partial charge in [-0.1, -0.05) is 71.6 Å². The van der Waals surface area contributed by atoms with Crippen LogP contribution >= 0.6 is 45.9 Å². The number of amides is 2. The van der Waals surface area contributed by atoms with E-state index in [0.717, 1.165) is 70.1 Å². The number of halogens is 2. The molecule has 0 spiro atoms. The van der Waals surface area contributed by atoms with E-state index in [1.54, 1.807) is 0 Å². The third-order valence-corrected chi connectivity index (χ3v) is 10.8. The van der Waals surface area contributed by atoms with Crippen molar-refractivity contribution in [3.63, 3.8) is 0 Å². The zero-order chi connectivity index (χ0) is 33.1. The van der Waals surface area contributed by atoms with Gasteiger partial charge in [-0.2, -0.15) is 9.98 Å². The third-order valence-electron chi connectivity index (χ3n) is 7.86. The molecule has 12 heteroatoms. The third kappa shape index (κ3) is 9.61. The van der Waals surface area contributed by atoms with E-state index >= 15 is 0 Å². The van der Waals surface area contributed by atoms with Gasteiger partial charge in [-0.3, -0.25) is 9.59 Å². The molecular weight excluding hydrogens is 663 g/mol. The van der Waals surface area contributed by atoms with E-state index in [2.05, 4.69) is 19.1 Å². The minimum Gasteiger partial charge on any atom is -0.380 e. The normalized spacial score (nSPS) is 12.7. The van der Waals surface area contributed by atoms with Crippen molar-refractivity contribution in [2.75, 3.05) is 26.4 Å². The van der Waals surface area contributed by atoms with Crippen molar-refractivity contribution in [2.45, 2.75) is 92.2 Å². The van der Waals surface area contributed by atoms with Crippen LogP contribution in [0.4, 0.5) is 0 Å². The number of carbonyl (C=O) groups excluding carboxylic acids is 2. The molecule has 0 saturated heterocycles. The average molecular weight is 708 g/mol. The standard InChI is InChI=1S/C34H44Cl2N4O4S2/c1-5-43-21-19-39-31-23(3)25(35)15-17-27(31)45-33(39)37-29(41)13-11-9-7-8-10-12-14-30(42)38-34-40(20-22-44-6-2)32-24(4)26(36)16-18-28(32)46-34/h15-18H,5-14,19-22H2,1-4H3. The van der Waals surface area contributed by atoms with Crippen molar-refractivity contribution in [1.29, 1.82) is 0 Å². The molecule has 2 aromatic heterocycles. The first-order valence-electron chi connectivity index (χ1n) is 16.1. The van der Waals surface area contributed by atoms with Gasteiger partial charge in [0.1, 0.15) is 0 Å². The highest BCUT2D eigenvalue weighted by atomic mass is 35.5. The molecule has 2 heterocycles. The number of hydrogen-bond acceptors (Lipinski definition) is 6. The fourth-order valence-corrected chi connectivity index (χ4v) is 7.97. The molecule has 0 radical (unpaired) electrons. The molecule has 0 fully saturated rings. The number of benzene rings is 2. The summed E-state index contributed by atoms with van der Waals surface area (Å²) >= 11 is 15.8. The summed E-state index contributed by atoms with van der Waals surface area (Å²) in [6, 6.07) is 7.75. The SMILES string of the molecule is CCOCCn1c(=NC(=O)CCCCCCCCC(=O)N=c2sc3ccc(Cl)c(C)c3n2CCOCC)sc2ccc(Cl)c(C)c21. The lowest BCUT2D eigenvalue weighted by atomic mass is 10.1. The first kappa shape index (κ1) is 36.5. The number of hydrogen-bond donors (Lipinski definition) is 0. The largest absolute Gasteiger partial charge is 0.380 e. The Morgan fingerprint density at radius 2 is 1.07 bits per heavy atom. The second kappa shape index (κ2) is 18.3. The van der Waals surface area contributed by atoms with Crippen molar-refractivity contribution in [3.05, 3.63) is 55.0 Å². The van der Waals surface area contributed by atoms with Crippen molar-refractivity contribution >= 4 is 78.1 Å². The van der Waals surface area contributed by atoms with Gasteiger partial charge in [0, 0.05) is 49.2 Å². The van der Waals surface area contributed by atoms with Gasteiger partial charge in [0.05, 0.1) is 33.6 Å². The van der Waals surface area contributed by atoms with Gasteiger partial charge in [-0.25, -0.2) is 0 Å². The molecule has 0 aliphatic carbocycles. The van der Waals surface area contributed by atoms with E-state index in [1.165, 1.54) is 22.7 Å². The van der Waals surface area contributed by atoms with E-state index in [4.69, 9.17) is 32.7 Å². The monoisotopic (exact) mass is 706 g/mol. The quantitative estimate of drug-likeness (QED) is 0.103. The van der Waals surface area contributed by atoms with E-state index < -0.39 is 0 Å². The van der Waals surface area contributed by atoms with Crippen molar-refractivity contribution in [1.82, 2.24) is 9.13 Å². The first-order chi connectivity index (χ1) is 22.2. The van der Waals surface area contributed by atoms with Crippen LogP contribution in [0.5, 0.6) is 0 Å². The van der Waals surface area contributed by atoms with Crippen molar-refractivity contribution in [3.8, 4) is 0 Å². The highest BCUT2D eigenvalue weighted by Crippen LogP contribution is 2.28. The molecule has 0 aliphatic rings. The molecule has 2 amide bonds. The highest BCUT2D eigenvalue weighted by molar-refractivity contribution is 7.16. The Bertz CT molecular complexity index is 1660. The smallest absolute Gasteiger partial charge is 0.248 e. The van der Waals surface area contributed by atoms with Crippen LogP contribution < -0.4 is 9.60 Å². The maximum atomic E-state index is 12.8. The van der Waals surface area contributed by atoms with E-state index in [0.29, 0.717) is 72.0 Å². The van der Waals surface area contributed by atoms with E-state index in [-0.39, 0.29) is 11.8 Å². The predicted octanol–water partition coefficient (Wildman–Crippen LogP) is 8.39. The Labute approximate surface area is 288 Å². The lowest BCUT2D eigenvalue weighted by Crippen LogP contribution is -2.20. The summed E-state index contributed by atoms with van der Waals surface area (Å²) in [4.78, 5) is 35.9. The summed E-state index contributed by atoms with van der Waals surface area (Å²) in [7, 11) is 0. The number of fused-ring (bicyclic) bond motifs is 2. The van der Waals surface area contributed by atoms with Crippen LogP contribution in [-0.4, -0.2) is 47.4 Å². The van der Waals surface area contributed by atoms with Crippen molar-refractivity contribution in [2.24, 2.45) is 9.98 Å². The minimum atomic E-state index is -0.107. The zero-order valence-corrected chi connectivity index (χ0v) is 30.3. The maximum absolute atomic E-state index is 12.8. The van der Waals surface area contributed by atoms with Crippen molar-refractivity contribution < 1.29 is 19.1 Å². The number of thiazole rings is 2. The second-order valence-corrected chi connectivity index (χ2v) is 14.0. The molecule has 0 saturated carbocycles. The lowest BCUT2D eigenvalue weighted by Gasteiger charge is -2.08. The molecule has 8 nitrogen and oxygen atoms in total. The molecule has 0 bridgehead atoms. The number of unbranched alkanes of at least 4 members (excludes halogenated alkanes) is 5. The summed E-state index contributed by atoms with van der Waals surface area (Å²) < 4.78 is 17.4. The summed E-state index contributed by atoms with van der Waals surface area (Å²) in [5, 5.41) is 1.40. The maximum Gasteiger partial charge on any atom is 0.248 e. The molecule has 2 aromatic carbocycles. The summed E-state index contributed by atoms with van der Waals surface area (Å²) in [6.45, 7) is 11.5. The Kier molecular flexibility index (Phi) is 14.5. The lowest BCUT2D eigenvalue weighted by molar-refractivity contribution is -0.119. The van der Waals surface area contributed by atoms with Gasteiger partial charge in [-0.05, 0) is 75.9 Å². The van der Waals surface area contributed by atoms with Crippen LogP contribution in [0.1, 0.15) is 76.3 Å². The Morgan fingerprint density at radius 1 is 0.674 bits per heavy atom. The van der Waals surface area contributed by atoms with Gasteiger partial charge in [0.25, 0.3) is 0 Å². The molecule has 0 unspecified atom stereocenters. The van der Waals surface area contributed by atoms with Gasteiger partial charge >= 0.3 is 0 Å². The van der Waals surface area contributed by atoms with Crippen LogP contribution in [0.2, 0.25) is 10.0 Å². The summed E-state index contributed by atoms with van der Waals surface area (Å²) in [5.41, 5.74) is 4.00. The molecule has 0 N–H and O–H groups in total. The van der Waals surface area contributed by atoms with Gasteiger partial charge in [0.15, 0.2) is 9.60 Å². The number of nitrogens with zero attached hydrogens (tertiary/aromatic N) is 4. The van der Waals surface area contributed by atoms with E-state index in [1.807, 2.05) is 52.0 Å². The zero-order valence-electron chi connectivity index (χ0n) is 27.2. The fourth-order valence-electron chi connectivity index (χ4n) is 5.40. The topological polar surface area (TPSA) is 87.2 Å². The van der Waals surface area contributed by atoms with Crippen LogP contribution in [0.3, 0.4) is 0 Å². The highest BCUT2D eigenvalue weighted by Gasteiger charge is 2.14. The summed E-state index contributed by atoms with van der Waals surface area (Å²) in [6.07, 6.45) is 6.36. The Morgan fingerprint density at radius 3 is 1.46 bits per heavy atom. The molecular formula is C34H44Cl2N4O4S2. The van der Waals surface area contributed by atoms with Crippen LogP contribution in [0, 0.1) is 13.8 Å². The number of aryl methyl sites for hydroxylation is 2. The summed E-state index contributed by atoms with van der Waals surface area (Å²) in [5.74, 6) is -0.213. The first-order valence-corrected chi connectivity index (χ1v) is 18.5. The molecule has 4 rings (SSSR count). The van der Waals surface area contributed by atoms with E-state index in [9.17, 15) is 9.59 Å². The molecule has 46 heavy (non-hydrogen) atoms. The number of aromatic nitrogens is 2. The van der Waals surface area contributed by atoms with Gasteiger partial charge < -0.3 is 18.6 Å². The number of carbonyl (C=O) groups is 2. The van der Waals surface area contributed by atoms with Crippen LogP contribution in [-0.2, 0) is 32.2 Å². The van der Waals surface area contributed by atoms with Crippen LogP contribution in [0.25, 0.3) is 20.4 Å². The molecule has 250 valence electrons. The van der Waals surface area contributed by atoms with Crippen LogP contribution in [0.15, 0.2) is 34.3 Å². The second-order valence-electron chi connectivity index (χ2n) is 11.1. The predicted molar refractivity (Wildman–Crippen MR) is 190 cm³/mol. The minimum absolute atomic E-state index is 0.107. The Balaban J connectivity index is 1.24.